The van der Waals surface area contributed by atoms with Gasteiger partial charge in [-0.2, -0.15) is 0 Å². The topological polar surface area (TPSA) is 43.1 Å². The van der Waals surface area contributed by atoms with Gasteiger partial charge < -0.3 is 5.73 Å². The van der Waals surface area contributed by atoms with Crippen molar-refractivity contribution >= 4 is 5.91 Å². The minimum atomic E-state index is -0.333. The van der Waals surface area contributed by atoms with E-state index in [1.807, 2.05) is 0 Å². The summed E-state index contributed by atoms with van der Waals surface area (Å²) in [6, 6.07) is 0. The van der Waals surface area contributed by atoms with E-state index >= 15 is 0 Å². The second kappa shape index (κ2) is 4.41. The Hall–Kier alpha value is 0.405. The van der Waals surface area contributed by atoms with E-state index in [1.54, 1.807) is 0 Å². The molecule has 0 saturated heterocycles. The molecule has 0 aliphatic rings. The van der Waals surface area contributed by atoms with E-state index in [0.29, 0.717) is 0 Å². The van der Waals surface area contributed by atoms with Crippen molar-refractivity contribution in [2.75, 3.05) is 0 Å². The van der Waals surface area contributed by atoms with Crippen molar-refractivity contribution in [3.63, 3.8) is 0 Å². The fourth-order valence-electron chi connectivity index (χ4n) is 0. The van der Waals surface area contributed by atoms with Crippen LogP contribution in [-0.4, -0.2) is 5.91 Å². The molecule has 0 saturated carbocycles. The Balaban J connectivity index is 0. The molecule has 0 radical (unpaired) electrons. The Labute approximate surface area is 51.2 Å². The Bertz CT molecular complexity index is 32.6. The zero-order valence-corrected chi connectivity index (χ0v) is 8.69. The van der Waals surface area contributed by atoms with E-state index in [4.69, 9.17) is 0 Å². The molecule has 1 amide bonds. The van der Waals surface area contributed by atoms with Crippen LogP contribution in [0, 0.1) is 0 Å². The van der Waals surface area contributed by atoms with Gasteiger partial charge in [-0.1, -0.05) is 0 Å². The van der Waals surface area contributed by atoms with Gasteiger partial charge in [0.25, 0.3) is 0 Å². The van der Waals surface area contributed by atoms with Crippen molar-refractivity contribution in [2.45, 2.75) is 6.92 Å². The van der Waals surface area contributed by atoms with E-state index in [1.165, 1.54) is 6.92 Å². The van der Waals surface area contributed by atoms with Crippen molar-refractivity contribution in [1.82, 2.24) is 0 Å². The van der Waals surface area contributed by atoms with Gasteiger partial charge in [-0.05, 0) is 0 Å². The maximum Gasteiger partial charge on any atom is 2.00 e. The summed E-state index contributed by atoms with van der Waals surface area (Å²) in [5.74, 6) is -0.333. The molecule has 0 aliphatic heterocycles. The van der Waals surface area contributed by atoms with E-state index in [0.717, 1.165) is 0 Å². The molecule has 24 valence electrons. The summed E-state index contributed by atoms with van der Waals surface area (Å²) < 4.78 is 0. The number of amides is 1. The predicted molar refractivity (Wildman–Crippen MR) is 14.9 cm³/mol. The molecule has 5 heavy (non-hydrogen) atoms. The number of rotatable bonds is 0. The largest absolute Gasteiger partial charge is 2.00 e. The molecule has 0 aromatic rings. The zero-order chi connectivity index (χ0) is 3.58. The Kier molecular flexibility index (Phi) is 7.97. The molecule has 2 nitrogen and oxygen atoms in total. The fraction of sp³-hybridized carbons (Fsp3) is 0.500. The van der Waals surface area contributed by atoms with Gasteiger partial charge >= 0.3 is 27.7 Å². The van der Waals surface area contributed by atoms with Crippen LogP contribution in [0.3, 0.4) is 0 Å². The minimum absolute atomic E-state index is 0. The second-order valence-corrected chi connectivity index (χ2v) is 0.611. The monoisotopic (exact) mass is 261 g/mol. The molecular weight excluding hydrogens is 255 g/mol. The van der Waals surface area contributed by atoms with Gasteiger partial charge in [0.1, 0.15) is 0 Å². The zero-order valence-electron chi connectivity index (χ0n) is 3.19. The molecule has 3 heteroatoms. The third-order valence-electron chi connectivity index (χ3n) is 0. The Morgan fingerprint density at radius 2 is 1.80 bits per heavy atom. The summed E-state index contributed by atoms with van der Waals surface area (Å²) in [5, 5.41) is 0. The smallest absolute Gasteiger partial charge is 0.370 e. The van der Waals surface area contributed by atoms with Crippen LogP contribution in [0.5, 0.6) is 0 Å². The van der Waals surface area contributed by atoms with Gasteiger partial charge in [-0.15, -0.1) is 0 Å². The average molecular weight is 260 g/mol. The Morgan fingerprint density at radius 1 is 1.80 bits per heavy atom. The standard InChI is InChI=1S/C2H5NO.Hg/c1-2(3)4;/h1H3,(H2,3,4);/q;+2. The minimum Gasteiger partial charge on any atom is -0.370 e. The van der Waals surface area contributed by atoms with Crippen LogP contribution in [0.15, 0.2) is 0 Å². The molecule has 0 fully saturated rings. The van der Waals surface area contributed by atoms with Crippen molar-refractivity contribution in [2.24, 2.45) is 5.73 Å². The number of carbonyl (C=O) groups excluding carboxylic acids is 1. The first-order chi connectivity index (χ1) is 1.73. The number of nitrogens with two attached hydrogens (primary N) is 1. The quantitative estimate of drug-likeness (QED) is 0.585. The van der Waals surface area contributed by atoms with Gasteiger partial charge in [0.15, 0.2) is 0 Å². The summed E-state index contributed by atoms with van der Waals surface area (Å²) >= 11 is 0. The second-order valence-electron chi connectivity index (χ2n) is 0.611. The Morgan fingerprint density at radius 3 is 1.80 bits per heavy atom. The average Bonchev–Trinajstić information content (AvgIpc) is 0.811. The first-order valence-electron chi connectivity index (χ1n) is 0.993. The summed E-state index contributed by atoms with van der Waals surface area (Å²) in [7, 11) is 0. The molecule has 0 unspecified atom stereocenters. The summed E-state index contributed by atoms with van der Waals surface area (Å²) in [5.41, 5.74) is 4.47. The first kappa shape index (κ1) is 9.05. The predicted octanol–water partition coefficient (Wildman–Crippen LogP) is -0.511. The molecule has 0 spiro atoms. The van der Waals surface area contributed by atoms with Crippen molar-refractivity contribution in [3.05, 3.63) is 0 Å². The SMILES string of the molecule is CC(N)=O.[Hg+2]. The molecule has 0 aliphatic carbocycles. The van der Waals surface area contributed by atoms with E-state index in [2.05, 4.69) is 5.73 Å². The summed E-state index contributed by atoms with van der Waals surface area (Å²) in [6.07, 6.45) is 0. The molecule has 0 heterocycles. The maximum atomic E-state index is 9.22. The number of hydrogen-bond donors (Lipinski definition) is 1. The first-order valence-corrected chi connectivity index (χ1v) is 0.993. The third kappa shape index (κ3) is 155. The van der Waals surface area contributed by atoms with Crippen molar-refractivity contribution < 1.29 is 32.5 Å². The van der Waals surface area contributed by atoms with Crippen molar-refractivity contribution in [3.8, 4) is 0 Å². The van der Waals surface area contributed by atoms with Crippen LogP contribution in [0.4, 0.5) is 0 Å². The van der Waals surface area contributed by atoms with Crippen LogP contribution in [0.25, 0.3) is 0 Å². The van der Waals surface area contributed by atoms with Gasteiger partial charge in [-0.25, -0.2) is 0 Å². The van der Waals surface area contributed by atoms with E-state index in [9.17, 15) is 4.79 Å². The molecule has 0 rings (SSSR count). The van der Waals surface area contributed by atoms with Gasteiger partial charge in [0, 0.05) is 6.92 Å². The molecule has 2 N–H and O–H groups in total. The van der Waals surface area contributed by atoms with Gasteiger partial charge in [0.05, 0.1) is 0 Å². The fourth-order valence-corrected chi connectivity index (χ4v) is 0. The van der Waals surface area contributed by atoms with Crippen LogP contribution in [-0.2, 0) is 32.5 Å². The number of carbonyl (C=O) groups is 1. The summed E-state index contributed by atoms with van der Waals surface area (Å²) in [4.78, 5) is 9.22. The molecule has 0 bridgehead atoms. The van der Waals surface area contributed by atoms with Crippen LogP contribution >= 0.6 is 0 Å². The molecular formula is C2H5HgNO+2. The van der Waals surface area contributed by atoms with Crippen LogP contribution in [0.2, 0.25) is 0 Å². The van der Waals surface area contributed by atoms with Crippen LogP contribution < -0.4 is 5.73 Å². The normalized spacial score (nSPS) is 5.00. The number of primary amides is 1. The van der Waals surface area contributed by atoms with E-state index in [-0.39, 0.29) is 33.6 Å². The molecule has 0 aromatic carbocycles. The van der Waals surface area contributed by atoms with Gasteiger partial charge in [0.2, 0.25) is 5.91 Å². The molecule has 0 atom stereocenters. The molecule has 0 aromatic heterocycles. The summed E-state index contributed by atoms with van der Waals surface area (Å²) in [6.45, 7) is 1.31. The van der Waals surface area contributed by atoms with Crippen molar-refractivity contribution in [1.29, 1.82) is 0 Å². The maximum absolute atomic E-state index is 9.22. The number of hydrogen-bond acceptors (Lipinski definition) is 1. The van der Waals surface area contributed by atoms with Crippen LogP contribution in [0.1, 0.15) is 6.92 Å². The van der Waals surface area contributed by atoms with Gasteiger partial charge in [-0.3, -0.25) is 4.79 Å². The van der Waals surface area contributed by atoms with E-state index < -0.39 is 0 Å². The third-order valence-corrected chi connectivity index (χ3v) is 0.